The SMILES string of the molecule is OC(CBr)c1cccc(F)c1Cl. The summed E-state index contributed by atoms with van der Waals surface area (Å²) in [6.07, 6.45) is -0.756. The highest BCUT2D eigenvalue weighted by molar-refractivity contribution is 9.09. The lowest BCUT2D eigenvalue weighted by atomic mass is 10.1. The second-order valence-electron chi connectivity index (χ2n) is 2.31. The number of aliphatic hydroxyl groups is 1. The minimum absolute atomic E-state index is 0.00977. The molecule has 1 N–H and O–H groups in total. The number of rotatable bonds is 2. The van der Waals surface area contributed by atoms with Crippen molar-refractivity contribution in [1.29, 1.82) is 0 Å². The van der Waals surface area contributed by atoms with E-state index in [2.05, 4.69) is 15.9 Å². The Balaban J connectivity index is 3.07. The molecule has 12 heavy (non-hydrogen) atoms. The zero-order valence-electron chi connectivity index (χ0n) is 6.10. The average Bonchev–Trinajstić information content (AvgIpc) is 2.08. The minimum Gasteiger partial charge on any atom is -0.387 e. The number of hydrogen-bond acceptors (Lipinski definition) is 1. The van der Waals surface area contributed by atoms with E-state index < -0.39 is 11.9 Å². The molecule has 1 rings (SSSR count). The summed E-state index contributed by atoms with van der Waals surface area (Å²) in [5.41, 5.74) is 0.411. The Morgan fingerprint density at radius 1 is 1.58 bits per heavy atom. The van der Waals surface area contributed by atoms with Crippen LogP contribution >= 0.6 is 27.5 Å². The summed E-state index contributed by atoms with van der Waals surface area (Å²) in [6, 6.07) is 4.37. The first kappa shape index (κ1) is 9.96. The first-order valence-electron chi connectivity index (χ1n) is 3.34. The Morgan fingerprint density at radius 3 is 2.83 bits per heavy atom. The number of alkyl halides is 1. The molecule has 1 nitrogen and oxygen atoms in total. The lowest BCUT2D eigenvalue weighted by molar-refractivity contribution is 0.205. The molecule has 0 bridgehead atoms. The van der Waals surface area contributed by atoms with Gasteiger partial charge in [0.1, 0.15) is 5.82 Å². The molecule has 0 aliphatic carbocycles. The molecule has 0 fully saturated rings. The van der Waals surface area contributed by atoms with Crippen molar-refractivity contribution in [2.45, 2.75) is 6.10 Å². The van der Waals surface area contributed by atoms with Crippen LogP contribution in [-0.2, 0) is 0 Å². The van der Waals surface area contributed by atoms with Crippen molar-refractivity contribution >= 4 is 27.5 Å². The third kappa shape index (κ3) is 1.97. The van der Waals surface area contributed by atoms with Crippen molar-refractivity contribution in [2.75, 3.05) is 5.33 Å². The average molecular weight is 253 g/mol. The third-order valence-electron chi connectivity index (χ3n) is 1.49. The van der Waals surface area contributed by atoms with Crippen LogP contribution in [0.2, 0.25) is 5.02 Å². The largest absolute Gasteiger partial charge is 0.387 e. The van der Waals surface area contributed by atoms with Crippen LogP contribution in [0.1, 0.15) is 11.7 Å². The number of benzene rings is 1. The first-order valence-corrected chi connectivity index (χ1v) is 4.84. The van der Waals surface area contributed by atoms with Gasteiger partial charge in [-0.25, -0.2) is 4.39 Å². The van der Waals surface area contributed by atoms with Crippen LogP contribution in [0.25, 0.3) is 0 Å². The number of hydrogen-bond donors (Lipinski definition) is 1. The van der Waals surface area contributed by atoms with Gasteiger partial charge in [-0.3, -0.25) is 0 Å². The molecule has 1 atom stereocenters. The quantitative estimate of drug-likeness (QED) is 0.804. The smallest absolute Gasteiger partial charge is 0.142 e. The van der Waals surface area contributed by atoms with Gasteiger partial charge in [-0.1, -0.05) is 39.7 Å². The summed E-state index contributed by atoms with van der Waals surface area (Å²) in [5, 5.41) is 9.67. The van der Waals surface area contributed by atoms with E-state index in [1.54, 1.807) is 6.07 Å². The van der Waals surface area contributed by atoms with Crippen molar-refractivity contribution in [3.63, 3.8) is 0 Å². The summed E-state index contributed by atoms with van der Waals surface area (Å²) >= 11 is 8.69. The van der Waals surface area contributed by atoms with E-state index in [0.29, 0.717) is 10.9 Å². The molecule has 0 spiro atoms. The summed E-state index contributed by atoms with van der Waals surface area (Å²) in [6.45, 7) is 0. The summed E-state index contributed by atoms with van der Waals surface area (Å²) in [7, 11) is 0. The van der Waals surface area contributed by atoms with E-state index in [0.717, 1.165) is 0 Å². The molecular weight excluding hydrogens is 246 g/mol. The van der Waals surface area contributed by atoms with Gasteiger partial charge >= 0.3 is 0 Å². The van der Waals surface area contributed by atoms with Gasteiger partial charge in [0.25, 0.3) is 0 Å². The predicted octanol–water partition coefficient (Wildman–Crippen LogP) is 2.91. The van der Waals surface area contributed by atoms with Crippen LogP contribution < -0.4 is 0 Å². The van der Waals surface area contributed by atoms with E-state index in [9.17, 15) is 9.50 Å². The number of aliphatic hydroxyl groups excluding tert-OH is 1. The van der Waals surface area contributed by atoms with Gasteiger partial charge in [-0.05, 0) is 6.07 Å². The lowest BCUT2D eigenvalue weighted by Gasteiger charge is -2.09. The molecule has 0 aliphatic heterocycles. The van der Waals surface area contributed by atoms with Crippen LogP contribution in [0, 0.1) is 5.82 Å². The lowest BCUT2D eigenvalue weighted by Crippen LogP contribution is -1.99. The molecule has 0 saturated heterocycles. The maximum absolute atomic E-state index is 12.8. The van der Waals surface area contributed by atoms with E-state index in [1.165, 1.54) is 12.1 Å². The monoisotopic (exact) mass is 252 g/mol. The summed E-state index contributed by atoms with van der Waals surface area (Å²) in [5.74, 6) is -0.505. The molecule has 4 heteroatoms. The van der Waals surface area contributed by atoms with Crippen LogP contribution in [0.15, 0.2) is 18.2 Å². The van der Waals surface area contributed by atoms with Gasteiger partial charge < -0.3 is 5.11 Å². The minimum atomic E-state index is -0.756. The highest BCUT2D eigenvalue weighted by Crippen LogP contribution is 2.26. The van der Waals surface area contributed by atoms with Crippen molar-refractivity contribution in [1.82, 2.24) is 0 Å². The second kappa shape index (κ2) is 4.21. The van der Waals surface area contributed by atoms with Gasteiger partial charge in [0.2, 0.25) is 0 Å². The highest BCUT2D eigenvalue weighted by atomic mass is 79.9. The normalized spacial score (nSPS) is 13.0. The van der Waals surface area contributed by atoms with Crippen LogP contribution in [0.3, 0.4) is 0 Å². The molecule has 0 radical (unpaired) electrons. The molecule has 0 heterocycles. The third-order valence-corrected chi connectivity index (χ3v) is 2.50. The molecule has 0 aromatic heterocycles. The molecule has 0 amide bonds. The van der Waals surface area contributed by atoms with Gasteiger partial charge in [-0.15, -0.1) is 0 Å². The Morgan fingerprint density at radius 2 is 2.25 bits per heavy atom. The van der Waals surface area contributed by atoms with Crippen molar-refractivity contribution < 1.29 is 9.50 Å². The van der Waals surface area contributed by atoms with E-state index >= 15 is 0 Å². The molecule has 0 aliphatic rings. The zero-order chi connectivity index (χ0) is 9.14. The maximum atomic E-state index is 12.8. The Kier molecular flexibility index (Phi) is 3.50. The van der Waals surface area contributed by atoms with E-state index in [4.69, 9.17) is 11.6 Å². The Labute approximate surface area is 83.3 Å². The fraction of sp³-hybridized carbons (Fsp3) is 0.250. The molecule has 66 valence electrons. The zero-order valence-corrected chi connectivity index (χ0v) is 8.44. The van der Waals surface area contributed by atoms with Gasteiger partial charge in [0, 0.05) is 10.9 Å². The summed E-state index contributed by atoms with van der Waals surface area (Å²) < 4.78 is 12.8. The Hall–Kier alpha value is -0.120. The van der Waals surface area contributed by atoms with Crippen LogP contribution in [0.4, 0.5) is 4.39 Å². The Bertz CT molecular complexity index is 280. The molecule has 1 aromatic carbocycles. The van der Waals surface area contributed by atoms with E-state index in [1.807, 2.05) is 0 Å². The standard InChI is InChI=1S/C8H7BrClFO/c9-4-7(12)5-2-1-3-6(11)8(5)10/h1-3,7,12H,4H2. The molecular formula is C8H7BrClFO. The van der Waals surface area contributed by atoms with Gasteiger partial charge in [0.15, 0.2) is 0 Å². The number of halogens is 3. The van der Waals surface area contributed by atoms with Crippen LogP contribution in [-0.4, -0.2) is 10.4 Å². The maximum Gasteiger partial charge on any atom is 0.142 e. The van der Waals surface area contributed by atoms with Gasteiger partial charge in [0.05, 0.1) is 11.1 Å². The van der Waals surface area contributed by atoms with E-state index in [-0.39, 0.29) is 5.02 Å². The van der Waals surface area contributed by atoms with Gasteiger partial charge in [-0.2, -0.15) is 0 Å². The fourth-order valence-corrected chi connectivity index (χ4v) is 1.46. The topological polar surface area (TPSA) is 20.2 Å². The molecule has 1 aromatic rings. The first-order chi connectivity index (χ1) is 5.66. The summed E-state index contributed by atoms with van der Waals surface area (Å²) in [4.78, 5) is 0. The molecule has 1 unspecified atom stereocenters. The fourth-order valence-electron chi connectivity index (χ4n) is 0.861. The van der Waals surface area contributed by atoms with Crippen molar-refractivity contribution in [2.24, 2.45) is 0 Å². The second-order valence-corrected chi connectivity index (χ2v) is 3.34. The molecule has 0 saturated carbocycles. The highest BCUT2D eigenvalue weighted by Gasteiger charge is 2.12. The van der Waals surface area contributed by atoms with Crippen molar-refractivity contribution in [3.8, 4) is 0 Å². The predicted molar refractivity (Wildman–Crippen MR) is 50.2 cm³/mol. The van der Waals surface area contributed by atoms with Crippen LogP contribution in [0.5, 0.6) is 0 Å². The van der Waals surface area contributed by atoms with Crippen molar-refractivity contribution in [3.05, 3.63) is 34.6 Å².